The topological polar surface area (TPSA) is 23.3 Å². The standard InChI is InChI=1S/C23H32N4/c1-4-26(5-2)23-12-10-21(11-13-23)18-24-27-16-14-25(15-17-27)19-22-8-6-20(3)7-9-22/h6-13,18H,4-5,14-17,19H2,1-3H3/p+1/b24-18+. The average molecular weight is 366 g/mol. The maximum Gasteiger partial charge on any atom is 0.103 e. The van der Waals surface area contributed by atoms with E-state index < -0.39 is 0 Å². The second kappa shape index (κ2) is 9.56. The van der Waals surface area contributed by atoms with E-state index in [4.69, 9.17) is 5.10 Å². The quantitative estimate of drug-likeness (QED) is 0.763. The van der Waals surface area contributed by atoms with Crippen molar-refractivity contribution in [3.05, 3.63) is 65.2 Å². The summed E-state index contributed by atoms with van der Waals surface area (Å²) in [7, 11) is 0. The summed E-state index contributed by atoms with van der Waals surface area (Å²) in [5.74, 6) is 0. The van der Waals surface area contributed by atoms with Crippen molar-refractivity contribution in [3.8, 4) is 0 Å². The van der Waals surface area contributed by atoms with Crippen molar-refractivity contribution in [3.63, 3.8) is 0 Å². The molecule has 1 saturated heterocycles. The highest BCUT2D eigenvalue weighted by Crippen LogP contribution is 2.14. The first-order valence-corrected chi connectivity index (χ1v) is 10.2. The first-order chi connectivity index (χ1) is 13.2. The molecule has 0 unspecified atom stereocenters. The van der Waals surface area contributed by atoms with Gasteiger partial charge in [-0.3, -0.25) is 5.01 Å². The Labute approximate surface area is 164 Å². The lowest BCUT2D eigenvalue weighted by Gasteiger charge is -2.30. The Balaban J connectivity index is 1.47. The summed E-state index contributed by atoms with van der Waals surface area (Å²) >= 11 is 0. The van der Waals surface area contributed by atoms with Crippen molar-refractivity contribution in [1.82, 2.24) is 5.01 Å². The molecule has 1 aliphatic rings. The molecule has 0 aromatic heterocycles. The fourth-order valence-electron chi connectivity index (χ4n) is 3.61. The van der Waals surface area contributed by atoms with Crippen LogP contribution in [-0.4, -0.2) is 50.5 Å². The van der Waals surface area contributed by atoms with E-state index in [0.717, 1.165) is 45.8 Å². The van der Waals surface area contributed by atoms with Gasteiger partial charge in [0.2, 0.25) is 0 Å². The van der Waals surface area contributed by atoms with Gasteiger partial charge < -0.3 is 9.80 Å². The van der Waals surface area contributed by atoms with Gasteiger partial charge in [-0.25, -0.2) is 0 Å². The maximum absolute atomic E-state index is 4.70. The lowest BCUT2D eigenvalue weighted by atomic mass is 10.1. The van der Waals surface area contributed by atoms with Crippen LogP contribution in [0.5, 0.6) is 0 Å². The SMILES string of the molecule is CCN(CC)c1ccc(/C=N/N2CC[NH+](Cc3ccc(C)cc3)CC2)cc1. The van der Waals surface area contributed by atoms with Gasteiger partial charge >= 0.3 is 0 Å². The van der Waals surface area contributed by atoms with E-state index >= 15 is 0 Å². The minimum absolute atomic E-state index is 1.02. The van der Waals surface area contributed by atoms with Crippen molar-refractivity contribution >= 4 is 11.9 Å². The molecular weight excluding hydrogens is 332 g/mol. The van der Waals surface area contributed by atoms with E-state index in [-0.39, 0.29) is 0 Å². The zero-order valence-electron chi connectivity index (χ0n) is 17.0. The summed E-state index contributed by atoms with van der Waals surface area (Å²) in [4.78, 5) is 4.01. The summed E-state index contributed by atoms with van der Waals surface area (Å²) in [6, 6.07) is 17.6. The van der Waals surface area contributed by atoms with Crippen LogP contribution in [0.15, 0.2) is 53.6 Å². The molecule has 27 heavy (non-hydrogen) atoms. The maximum atomic E-state index is 4.70. The van der Waals surface area contributed by atoms with Crippen LogP contribution in [0.3, 0.4) is 0 Å². The van der Waals surface area contributed by atoms with E-state index in [1.165, 1.54) is 22.4 Å². The van der Waals surface area contributed by atoms with E-state index in [2.05, 4.69) is 79.2 Å². The molecule has 0 aliphatic carbocycles. The molecule has 2 aromatic carbocycles. The van der Waals surface area contributed by atoms with E-state index in [1.54, 1.807) is 4.90 Å². The number of hydrazone groups is 1. The summed E-state index contributed by atoms with van der Waals surface area (Å²) in [5, 5.41) is 6.91. The number of nitrogens with zero attached hydrogens (tertiary/aromatic N) is 3. The second-order valence-corrected chi connectivity index (χ2v) is 7.37. The molecule has 0 radical (unpaired) electrons. The van der Waals surface area contributed by atoms with Crippen LogP contribution in [0, 0.1) is 6.92 Å². The molecule has 0 spiro atoms. The number of piperazine rings is 1. The van der Waals surface area contributed by atoms with Crippen molar-refractivity contribution < 1.29 is 4.90 Å². The normalized spacial score (nSPS) is 15.4. The van der Waals surface area contributed by atoms with Gasteiger partial charge in [0, 0.05) is 24.3 Å². The Kier molecular flexibility index (Phi) is 6.88. The molecule has 3 rings (SSSR count). The lowest BCUT2D eigenvalue weighted by Crippen LogP contribution is -3.13. The van der Waals surface area contributed by atoms with Gasteiger partial charge in [-0.1, -0.05) is 42.0 Å². The Hall–Kier alpha value is -2.33. The van der Waals surface area contributed by atoms with Gasteiger partial charge in [-0.15, -0.1) is 0 Å². The van der Waals surface area contributed by atoms with Gasteiger partial charge in [0.15, 0.2) is 0 Å². The number of benzene rings is 2. The number of aryl methyl sites for hydroxylation is 1. The highest BCUT2D eigenvalue weighted by atomic mass is 15.5. The molecule has 0 atom stereocenters. The van der Waals surface area contributed by atoms with E-state index in [0.29, 0.717) is 0 Å². The molecule has 144 valence electrons. The molecule has 4 nitrogen and oxygen atoms in total. The molecule has 1 N–H and O–H groups in total. The predicted molar refractivity (Wildman–Crippen MR) is 115 cm³/mol. The molecule has 1 heterocycles. The smallest absolute Gasteiger partial charge is 0.103 e. The molecule has 0 bridgehead atoms. The largest absolute Gasteiger partial charge is 0.372 e. The van der Waals surface area contributed by atoms with Crippen LogP contribution in [0.4, 0.5) is 5.69 Å². The summed E-state index contributed by atoms with van der Waals surface area (Å²) in [6.07, 6.45) is 2.00. The molecule has 0 saturated carbocycles. The highest BCUT2D eigenvalue weighted by molar-refractivity contribution is 5.80. The number of hydrogen-bond donors (Lipinski definition) is 1. The third-order valence-electron chi connectivity index (χ3n) is 5.41. The summed E-state index contributed by atoms with van der Waals surface area (Å²) in [5.41, 5.74) is 5.21. The Morgan fingerprint density at radius 1 is 0.963 bits per heavy atom. The highest BCUT2D eigenvalue weighted by Gasteiger charge is 2.18. The molecule has 1 fully saturated rings. The van der Waals surface area contributed by atoms with Gasteiger partial charge in [0.1, 0.15) is 6.54 Å². The number of hydrogen-bond acceptors (Lipinski definition) is 3. The monoisotopic (exact) mass is 365 g/mol. The van der Waals surface area contributed by atoms with E-state index in [1.807, 2.05) is 6.21 Å². The Morgan fingerprint density at radius 2 is 1.59 bits per heavy atom. The zero-order valence-corrected chi connectivity index (χ0v) is 17.0. The van der Waals surface area contributed by atoms with Crippen molar-refractivity contribution in [1.29, 1.82) is 0 Å². The fraction of sp³-hybridized carbons (Fsp3) is 0.435. The summed E-state index contributed by atoms with van der Waals surface area (Å²) in [6.45, 7) is 14.1. The minimum atomic E-state index is 1.02. The molecule has 1 aliphatic heterocycles. The summed E-state index contributed by atoms with van der Waals surface area (Å²) < 4.78 is 0. The van der Waals surface area contributed by atoms with Crippen LogP contribution >= 0.6 is 0 Å². The van der Waals surface area contributed by atoms with Gasteiger partial charge in [-0.05, 0) is 38.5 Å². The van der Waals surface area contributed by atoms with Crippen LogP contribution in [0.2, 0.25) is 0 Å². The molecule has 2 aromatic rings. The Bertz CT molecular complexity index is 709. The number of quaternary nitrogens is 1. The first-order valence-electron chi connectivity index (χ1n) is 10.2. The zero-order chi connectivity index (χ0) is 19.1. The fourth-order valence-corrected chi connectivity index (χ4v) is 3.61. The van der Waals surface area contributed by atoms with Crippen LogP contribution < -0.4 is 9.80 Å². The molecular formula is C23H33N4+. The van der Waals surface area contributed by atoms with Crippen molar-refractivity contribution in [2.75, 3.05) is 44.2 Å². The minimum Gasteiger partial charge on any atom is -0.372 e. The number of rotatable bonds is 7. The van der Waals surface area contributed by atoms with Crippen LogP contribution in [0.1, 0.15) is 30.5 Å². The number of anilines is 1. The average Bonchev–Trinajstić information content (AvgIpc) is 2.71. The molecule has 0 amide bonds. The first kappa shape index (κ1) is 19.4. The van der Waals surface area contributed by atoms with Crippen LogP contribution in [0.25, 0.3) is 0 Å². The van der Waals surface area contributed by atoms with Crippen LogP contribution in [-0.2, 0) is 6.54 Å². The molecule has 4 heteroatoms. The van der Waals surface area contributed by atoms with Gasteiger partial charge in [-0.2, -0.15) is 5.10 Å². The number of nitrogens with one attached hydrogen (secondary N) is 1. The van der Waals surface area contributed by atoms with Gasteiger partial charge in [0.25, 0.3) is 0 Å². The predicted octanol–water partition coefficient (Wildman–Crippen LogP) is 2.58. The third-order valence-corrected chi connectivity index (χ3v) is 5.41. The van der Waals surface area contributed by atoms with Crippen molar-refractivity contribution in [2.45, 2.75) is 27.3 Å². The lowest BCUT2D eigenvalue weighted by molar-refractivity contribution is -0.918. The second-order valence-electron chi connectivity index (χ2n) is 7.37. The van der Waals surface area contributed by atoms with E-state index in [9.17, 15) is 0 Å². The van der Waals surface area contributed by atoms with Crippen molar-refractivity contribution in [2.24, 2.45) is 5.10 Å². The Morgan fingerprint density at radius 3 is 2.19 bits per heavy atom. The van der Waals surface area contributed by atoms with Gasteiger partial charge in [0.05, 0.1) is 32.4 Å². The third kappa shape index (κ3) is 5.57.